The number of nitrogens with zero attached hydrogens (tertiary/aromatic N) is 1. The van der Waals surface area contributed by atoms with Gasteiger partial charge in [-0.3, -0.25) is 4.79 Å². The Labute approximate surface area is 107 Å². The second-order valence-corrected chi connectivity index (χ2v) is 6.09. The van der Waals surface area contributed by atoms with Crippen molar-refractivity contribution in [3.8, 4) is 0 Å². The molecule has 1 amide bonds. The Bertz CT molecular complexity index is 390. The van der Waals surface area contributed by atoms with E-state index in [1.807, 2.05) is 30.3 Å². The Hall–Kier alpha value is -0.420. The van der Waals surface area contributed by atoms with Crippen molar-refractivity contribution < 1.29 is 9.35 Å². The highest BCUT2D eigenvalue weighted by molar-refractivity contribution is 7.92. The van der Waals surface area contributed by atoms with Gasteiger partial charge in [0.2, 0.25) is 4.71 Å². The minimum absolute atomic E-state index is 0.277. The van der Waals surface area contributed by atoms with E-state index in [2.05, 4.69) is 0 Å². The van der Waals surface area contributed by atoms with E-state index in [0.29, 0.717) is 0 Å². The van der Waals surface area contributed by atoms with Crippen molar-refractivity contribution in [3.05, 3.63) is 35.9 Å². The average molecular weight is 278 g/mol. The molecular weight excluding hydrogens is 269 g/mol. The lowest BCUT2D eigenvalue weighted by atomic mass is 10.2. The first-order valence-corrected chi connectivity index (χ1v) is 6.69. The first-order chi connectivity index (χ1) is 7.61. The molecule has 3 unspecified atom stereocenters. The van der Waals surface area contributed by atoms with Crippen LogP contribution >= 0.6 is 23.2 Å². The first kappa shape index (κ1) is 12.0. The molecule has 0 spiro atoms. The van der Waals surface area contributed by atoms with Crippen molar-refractivity contribution in [1.29, 1.82) is 0 Å². The van der Waals surface area contributed by atoms with Crippen molar-refractivity contribution in [2.75, 3.05) is 0 Å². The molecular formula is C10H9Cl2NO2S. The fourth-order valence-electron chi connectivity index (χ4n) is 1.45. The van der Waals surface area contributed by atoms with Gasteiger partial charge in [0.15, 0.2) is 5.38 Å². The predicted molar refractivity (Wildman–Crippen MR) is 64.4 cm³/mol. The number of halogens is 2. The molecule has 3 nitrogen and oxygen atoms in total. The fourth-order valence-corrected chi connectivity index (χ4v) is 3.42. The SMILES string of the molecule is O=C1C(Cl)C(Cl)[S+]([O-])N1Cc1ccccc1. The molecule has 3 atom stereocenters. The topological polar surface area (TPSA) is 43.4 Å². The van der Waals surface area contributed by atoms with Crippen LogP contribution in [-0.4, -0.2) is 24.9 Å². The maximum absolute atomic E-state index is 11.7. The first-order valence-electron chi connectivity index (χ1n) is 4.65. The highest BCUT2D eigenvalue weighted by Gasteiger charge is 2.50. The molecule has 2 rings (SSSR count). The zero-order chi connectivity index (χ0) is 11.7. The molecule has 1 aromatic carbocycles. The summed E-state index contributed by atoms with van der Waals surface area (Å²) in [5, 5.41) is -0.897. The van der Waals surface area contributed by atoms with Crippen LogP contribution in [0.3, 0.4) is 0 Å². The van der Waals surface area contributed by atoms with E-state index >= 15 is 0 Å². The minimum atomic E-state index is -1.55. The summed E-state index contributed by atoms with van der Waals surface area (Å²) in [6.45, 7) is 0.277. The Morgan fingerprint density at radius 1 is 1.31 bits per heavy atom. The third kappa shape index (κ3) is 2.15. The highest BCUT2D eigenvalue weighted by Crippen LogP contribution is 2.31. The smallest absolute Gasteiger partial charge is 0.288 e. The standard InChI is InChI=1S/C10H9Cl2NO2S/c11-8-9(12)16(15)13(10(8)14)6-7-4-2-1-3-5-7/h1-5,8-9H,6H2. The lowest BCUT2D eigenvalue weighted by Crippen LogP contribution is -2.30. The monoisotopic (exact) mass is 277 g/mol. The van der Waals surface area contributed by atoms with E-state index in [9.17, 15) is 9.35 Å². The van der Waals surface area contributed by atoms with Gasteiger partial charge in [0.25, 0.3) is 5.91 Å². The van der Waals surface area contributed by atoms with Crippen molar-refractivity contribution in [3.63, 3.8) is 0 Å². The number of alkyl halides is 2. The summed E-state index contributed by atoms with van der Waals surface area (Å²) in [6.07, 6.45) is 0. The highest BCUT2D eigenvalue weighted by atomic mass is 35.5. The molecule has 0 bridgehead atoms. The quantitative estimate of drug-likeness (QED) is 0.612. The van der Waals surface area contributed by atoms with E-state index in [-0.39, 0.29) is 12.5 Å². The number of amides is 1. The summed E-state index contributed by atoms with van der Waals surface area (Å²) < 4.78 is 12.1. The molecule has 16 heavy (non-hydrogen) atoms. The van der Waals surface area contributed by atoms with Gasteiger partial charge in [-0.1, -0.05) is 41.9 Å². The Balaban J connectivity index is 2.14. The fraction of sp³-hybridized carbons (Fsp3) is 0.300. The van der Waals surface area contributed by atoms with Gasteiger partial charge >= 0.3 is 0 Å². The van der Waals surface area contributed by atoms with Gasteiger partial charge in [-0.25, -0.2) is 0 Å². The van der Waals surface area contributed by atoms with Crippen LogP contribution in [-0.2, 0) is 22.7 Å². The Morgan fingerprint density at radius 3 is 2.44 bits per heavy atom. The van der Waals surface area contributed by atoms with Crippen LogP contribution in [0.5, 0.6) is 0 Å². The number of benzene rings is 1. The van der Waals surface area contributed by atoms with Crippen LogP contribution < -0.4 is 0 Å². The van der Waals surface area contributed by atoms with Crippen molar-refractivity contribution >= 4 is 40.5 Å². The van der Waals surface area contributed by atoms with E-state index in [1.165, 1.54) is 4.31 Å². The summed E-state index contributed by atoms with van der Waals surface area (Å²) in [5.41, 5.74) is 0.902. The van der Waals surface area contributed by atoms with Crippen LogP contribution in [0.4, 0.5) is 0 Å². The molecule has 0 radical (unpaired) electrons. The molecule has 1 aliphatic rings. The lowest BCUT2D eigenvalue weighted by molar-refractivity contribution is -0.125. The van der Waals surface area contributed by atoms with E-state index < -0.39 is 21.4 Å². The summed E-state index contributed by atoms with van der Waals surface area (Å²) >= 11 is 9.98. The largest absolute Gasteiger partial charge is 0.592 e. The third-order valence-corrected chi connectivity index (χ3v) is 5.12. The summed E-state index contributed by atoms with van der Waals surface area (Å²) in [6, 6.07) is 9.30. The summed E-state index contributed by atoms with van der Waals surface area (Å²) in [5.74, 6) is -0.371. The van der Waals surface area contributed by atoms with Gasteiger partial charge < -0.3 is 4.55 Å². The number of hydrogen-bond donors (Lipinski definition) is 0. The van der Waals surface area contributed by atoms with E-state index in [4.69, 9.17) is 23.2 Å². The maximum atomic E-state index is 11.7. The van der Waals surface area contributed by atoms with Gasteiger partial charge in [0.05, 0.1) is 17.9 Å². The molecule has 1 fully saturated rings. The molecule has 1 saturated heterocycles. The van der Waals surface area contributed by atoms with E-state index in [0.717, 1.165) is 5.56 Å². The van der Waals surface area contributed by atoms with Crippen LogP contribution in [0.1, 0.15) is 5.56 Å². The van der Waals surface area contributed by atoms with Gasteiger partial charge in [-0.05, 0) is 5.56 Å². The normalized spacial score (nSPS) is 29.8. The van der Waals surface area contributed by atoms with Gasteiger partial charge in [0.1, 0.15) is 0 Å². The zero-order valence-corrected chi connectivity index (χ0v) is 10.5. The van der Waals surface area contributed by atoms with Gasteiger partial charge in [0, 0.05) is 0 Å². The molecule has 1 aromatic rings. The van der Waals surface area contributed by atoms with Crippen molar-refractivity contribution in [2.45, 2.75) is 16.6 Å². The Kier molecular flexibility index (Phi) is 3.64. The van der Waals surface area contributed by atoms with Crippen LogP contribution in [0.25, 0.3) is 0 Å². The van der Waals surface area contributed by atoms with Gasteiger partial charge in [-0.15, -0.1) is 11.6 Å². The Morgan fingerprint density at radius 2 is 1.94 bits per heavy atom. The second-order valence-electron chi connectivity index (χ2n) is 3.39. The van der Waals surface area contributed by atoms with Crippen molar-refractivity contribution in [2.24, 2.45) is 0 Å². The van der Waals surface area contributed by atoms with Gasteiger partial charge in [-0.2, -0.15) is 4.31 Å². The summed E-state index contributed by atoms with van der Waals surface area (Å²) in [7, 11) is 0. The molecule has 1 heterocycles. The summed E-state index contributed by atoms with van der Waals surface area (Å²) in [4.78, 5) is 11.6. The maximum Gasteiger partial charge on any atom is 0.288 e. The molecule has 0 saturated carbocycles. The number of carbonyl (C=O) groups excluding carboxylic acids is 1. The van der Waals surface area contributed by atoms with Crippen molar-refractivity contribution in [1.82, 2.24) is 4.31 Å². The molecule has 6 heteroatoms. The molecule has 0 N–H and O–H groups in total. The van der Waals surface area contributed by atoms with Crippen LogP contribution in [0, 0.1) is 0 Å². The molecule has 86 valence electrons. The molecule has 0 aliphatic carbocycles. The number of carbonyl (C=O) groups is 1. The van der Waals surface area contributed by atoms with Crippen LogP contribution in [0.2, 0.25) is 0 Å². The molecule has 0 aromatic heterocycles. The predicted octanol–water partition coefficient (Wildman–Crippen LogP) is 1.86. The van der Waals surface area contributed by atoms with E-state index in [1.54, 1.807) is 0 Å². The third-order valence-electron chi connectivity index (χ3n) is 2.29. The number of rotatable bonds is 2. The minimum Gasteiger partial charge on any atom is -0.592 e. The lowest BCUT2D eigenvalue weighted by Gasteiger charge is -2.17. The second kappa shape index (κ2) is 4.84. The number of hydrogen-bond acceptors (Lipinski definition) is 2. The zero-order valence-electron chi connectivity index (χ0n) is 8.18. The van der Waals surface area contributed by atoms with Crippen LogP contribution in [0.15, 0.2) is 30.3 Å². The average Bonchev–Trinajstić information content (AvgIpc) is 2.48. The molecule has 1 aliphatic heterocycles.